The molecule has 0 atom stereocenters. The average Bonchev–Trinajstić information content (AvgIpc) is 2.41. The minimum absolute atomic E-state index is 0.163. The van der Waals surface area contributed by atoms with Crippen LogP contribution in [0.5, 0.6) is 0 Å². The molecule has 2 rings (SSSR count). The third-order valence-corrected chi connectivity index (χ3v) is 3.47. The van der Waals surface area contributed by atoms with Crippen molar-refractivity contribution in [3.63, 3.8) is 0 Å². The Morgan fingerprint density at radius 3 is 2.39 bits per heavy atom. The maximum Gasteiger partial charge on any atom is 0.123 e. The summed E-state index contributed by atoms with van der Waals surface area (Å²) in [6.07, 6.45) is 1.20. The largest absolute Gasteiger partial charge is 0.369 e. The van der Waals surface area contributed by atoms with Crippen LogP contribution in [0.25, 0.3) is 0 Å². The second-order valence-corrected chi connectivity index (χ2v) is 4.76. The maximum atomic E-state index is 12.9. The number of piperazine rings is 1. The summed E-state index contributed by atoms with van der Waals surface area (Å²) in [5.74, 6) is -0.163. The number of nitrogens with one attached hydrogen (secondary N) is 1. The highest BCUT2D eigenvalue weighted by Crippen LogP contribution is 2.16. The standard InChI is InChI=1S/C14H22FN3/c1-16-7-2-8-17-9-11-18(12-10-17)14-5-3-13(15)4-6-14/h3-6,16H,2,7-12H2,1H3. The molecule has 0 aliphatic carbocycles. The second kappa shape index (κ2) is 6.71. The molecular weight excluding hydrogens is 229 g/mol. The Labute approximate surface area is 109 Å². The van der Waals surface area contributed by atoms with E-state index in [0.717, 1.165) is 45.0 Å². The number of hydrogen-bond acceptors (Lipinski definition) is 3. The molecule has 1 heterocycles. The first-order chi connectivity index (χ1) is 8.79. The van der Waals surface area contributed by atoms with Gasteiger partial charge in [0.15, 0.2) is 0 Å². The third kappa shape index (κ3) is 3.68. The fourth-order valence-electron chi connectivity index (χ4n) is 2.36. The summed E-state index contributed by atoms with van der Waals surface area (Å²) in [5.41, 5.74) is 1.13. The van der Waals surface area contributed by atoms with Gasteiger partial charge in [-0.2, -0.15) is 0 Å². The van der Waals surface area contributed by atoms with Crippen molar-refractivity contribution in [2.45, 2.75) is 6.42 Å². The summed E-state index contributed by atoms with van der Waals surface area (Å²) < 4.78 is 12.9. The molecule has 0 amide bonds. The van der Waals surface area contributed by atoms with Gasteiger partial charge >= 0.3 is 0 Å². The fourth-order valence-corrected chi connectivity index (χ4v) is 2.36. The normalized spacial score (nSPS) is 17.1. The lowest BCUT2D eigenvalue weighted by molar-refractivity contribution is 0.254. The molecule has 4 heteroatoms. The van der Waals surface area contributed by atoms with E-state index in [2.05, 4.69) is 15.1 Å². The molecule has 18 heavy (non-hydrogen) atoms. The first kappa shape index (κ1) is 13.3. The van der Waals surface area contributed by atoms with Crippen LogP contribution in [0.15, 0.2) is 24.3 Å². The van der Waals surface area contributed by atoms with Crippen LogP contribution < -0.4 is 10.2 Å². The molecule has 3 nitrogen and oxygen atoms in total. The quantitative estimate of drug-likeness (QED) is 0.801. The predicted octanol–water partition coefficient (Wildman–Crippen LogP) is 1.56. The summed E-state index contributed by atoms with van der Waals surface area (Å²) in [6, 6.07) is 6.81. The van der Waals surface area contributed by atoms with Crippen LogP contribution in [0.2, 0.25) is 0 Å². The van der Waals surface area contributed by atoms with Crippen molar-refractivity contribution >= 4 is 5.69 Å². The first-order valence-electron chi connectivity index (χ1n) is 6.67. The van der Waals surface area contributed by atoms with Gasteiger partial charge in [0.05, 0.1) is 0 Å². The molecule has 0 unspecified atom stereocenters. The molecule has 1 aromatic carbocycles. The summed E-state index contributed by atoms with van der Waals surface area (Å²) >= 11 is 0. The first-order valence-corrected chi connectivity index (χ1v) is 6.67. The zero-order valence-electron chi connectivity index (χ0n) is 11.0. The van der Waals surface area contributed by atoms with Gasteiger partial charge in [-0.15, -0.1) is 0 Å². The molecule has 1 aliphatic rings. The van der Waals surface area contributed by atoms with E-state index in [9.17, 15) is 4.39 Å². The Morgan fingerprint density at radius 1 is 1.11 bits per heavy atom. The van der Waals surface area contributed by atoms with Gasteiger partial charge in [0.25, 0.3) is 0 Å². The van der Waals surface area contributed by atoms with Gasteiger partial charge in [-0.05, 0) is 50.8 Å². The third-order valence-electron chi connectivity index (χ3n) is 3.47. The van der Waals surface area contributed by atoms with E-state index in [1.54, 1.807) is 0 Å². The van der Waals surface area contributed by atoms with Crippen molar-refractivity contribution in [2.75, 3.05) is 51.2 Å². The fraction of sp³-hybridized carbons (Fsp3) is 0.571. The Balaban J connectivity index is 1.77. The van der Waals surface area contributed by atoms with Crippen LogP contribution in [0, 0.1) is 5.82 Å². The van der Waals surface area contributed by atoms with Crippen LogP contribution in [-0.2, 0) is 0 Å². The van der Waals surface area contributed by atoms with Gasteiger partial charge in [-0.3, -0.25) is 4.90 Å². The molecule has 100 valence electrons. The lowest BCUT2D eigenvalue weighted by Crippen LogP contribution is -2.46. The molecule has 1 aliphatic heterocycles. The maximum absolute atomic E-state index is 12.9. The lowest BCUT2D eigenvalue weighted by atomic mass is 10.2. The summed E-state index contributed by atoms with van der Waals surface area (Å²) in [6.45, 7) is 6.51. The van der Waals surface area contributed by atoms with E-state index in [0.29, 0.717) is 0 Å². The van der Waals surface area contributed by atoms with Gasteiger partial charge in [-0.25, -0.2) is 4.39 Å². The number of rotatable bonds is 5. The average molecular weight is 251 g/mol. The minimum atomic E-state index is -0.163. The minimum Gasteiger partial charge on any atom is -0.369 e. The van der Waals surface area contributed by atoms with Crippen LogP contribution in [0.4, 0.5) is 10.1 Å². The molecule has 0 saturated carbocycles. The smallest absolute Gasteiger partial charge is 0.123 e. The van der Waals surface area contributed by atoms with E-state index < -0.39 is 0 Å². The summed E-state index contributed by atoms with van der Waals surface area (Å²) in [5, 5.41) is 3.17. The van der Waals surface area contributed by atoms with Crippen molar-refractivity contribution < 1.29 is 4.39 Å². The number of benzene rings is 1. The van der Waals surface area contributed by atoms with E-state index in [1.807, 2.05) is 19.2 Å². The van der Waals surface area contributed by atoms with Crippen LogP contribution in [0.3, 0.4) is 0 Å². The topological polar surface area (TPSA) is 18.5 Å². The molecule has 0 bridgehead atoms. The number of hydrogen-bond donors (Lipinski definition) is 1. The number of halogens is 1. The highest BCUT2D eigenvalue weighted by molar-refractivity contribution is 5.46. The highest BCUT2D eigenvalue weighted by Gasteiger charge is 2.16. The lowest BCUT2D eigenvalue weighted by Gasteiger charge is -2.36. The van der Waals surface area contributed by atoms with Crippen LogP contribution in [-0.4, -0.2) is 51.2 Å². The second-order valence-electron chi connectivity index (χ2n) is 4.76. The van der Waals surface area contributed by atoms with E-state index in [4.69, 9.17) is 0 Å². The van der Waals surface area contributed by atoms with Crippen molar-refractivity contribution in [1.82, 2.24) is 10.2 Å². The molecular formula is C14H22FN3. The van der Waals surface area contributed by atoms with Gasteiger partial charge < -0.3 is 10.2 Å². The highest BCUT2D eigenvalue weighted by atomic mass is 19.1. The van der Waals surface area contributed by atoms with Crippen LogP contribution in [0.1, 0.15) is 6.42 Å². The molecule has 0 radical (unpaired) electrons. The predicted molar refractivity (Wildman–Crippen MR) is 73.6 cm³/mol. The van der Waals surface area contributed by atoms with Gasteiger partial charge in [-0.1, -0.05) is 0 Å². The van der Waals surface area contributed by atoms with E-state index >= 15 is 0 Å². The molecule has 1 saturated heterocycles. The van der Waals surface area contributed by atoms with Crippen molar-refractivity contribution in [1.29, 1.82) is 0 Å². The monoisotopic (exact) mass is 251 g/mol. The number of nitrogens with zero attached hydrogens (tertiary/aromatic N) is 2. The van der Waals surface area contributed by atoms with Crippen molar-refractivity contribution in [2.24, 2.45) is 0 Å². The zero-order valence-corrected chi connectivity index (χ0v) is 11.0. The zero-order chi connectivity index (χ0) is 12.8. The molecule has 0 aromatic heterocycles. The van der Waals surface area contributed by atoms with Gasteiger partial charge in [0.1, 0.15) is 5.82 Å². The Bertz CT molecular complexity index is 345. The van der Waals surface area contributed by atoms with Crippen LogP contribution >= 0.6 is 0 Å². The molecule has 1 aromatic rings. The van der Waals surface area contributed by atoms with Gasteiger partial charge in [0.2, 0.25) is 0 Å². The summed E-state index contributed by atoms with van der Waals surface area (Å²) in [4.78, 5) is 4.82. The molecule has 1 fully saturated rings. The van der Waals surface area contributed by atoms with Crippen molar-refractivity contribution in [3.05, 3.63) is 30.1 Å². The Hall–Kier alpha value is -1.13. The molecule has 0 spiro atoms. The van der Waals surface area contributed by atoms with E-state index in [1.165, 1.54) is 18.6 Å². The van der Waals surface area contributed by atoms with Gasteiger partial charge in [0, 0.05) is 31.9 Å². The van der Waals surface area contributed by atoms with E-state index in [-0.39, 0.29) is 5.82 Å². The molecule has 1 N–H and O–H groups in total. The summed E-state index contributed by atoms with van der Waals surface area (Å²) in [7, 11) is 1.99. The Morgan fingerprint density at radius 2 is 1.78 bits per heavy atom. The SMILES string of the molecule is CNCCCN1CCN(c2ccc(F)cc2)CC1. The number of anilines is 1. The van der Waals surface area contributed by atoms with Crippen molar-refractivity contribution in [3.8, 4) is 0 Å². The Kier molecular flexibility index (Phi) is 4.96.